The minimum Gasteiger partial charge on any atom is -0.338 e. The molecule has 0 saturated carbocycles. The van der Waals surface area contributed by atoms with Gasteiger partial charge in [0.25, 0.3) is 5.91 Å². The smallest absolute Gasteiger partial charge is 0.315 e. The first kappa shape index (κ1) is 17.3. The molecule has 1 fully saturated rings. The molecule has 2 N–H and O–H groups in total. The van der Waals surface area contributed by atoms with Crippen molar-refractivity contribution < 1.29 is 9.59 Å². The molecule has 1 aliphatic rings. The minimum atomic E-state index is -0.126. The molecule has 1 aliphatic heterocycles. The van der Waals surface area contributed by atoms with Crippen molar-refractivity contribution in [3.05, 3.63) is 34.9 Å². The summed E-state index contributed by atoms with van der Waals surface area (Å²) < 4.78 is 0. The first-order chi connectivity index (χ1) is 10.9. The van der Waals surface area contributed by atoms with Crippen LogP contribution >= 0.6 is 0 Å². The number of amides is 3. The van der Waals surface area contributed by atoms with E-state index in [0.29, 0.717) is 13.1 Å². The van der Waals surface area contributed by atoms with E-state index in [1.807, 2.05) is 50.8 Å². The Morgan fingerprint density at radius 3 is 2.35 bits per heavy atom. The van der Waals surface area contributed by atoms with Crippen LogP contribution in [-0.4, -0.2) is 42.0 Å². The van der Waals surface area contributed by atoms with Gasteiger partial charge in [-0.25, -0.2) is 4.79 Å². The highest BCUT2D eigenvalue weighted by molar-refractivity contribution is 5.94. The summed E-state index contributed by atoms with van der Waals surface area (Å²) in [7, 11) is 0. The highest BCUT2D eigenvalue weighted by atomic mass is 16.2. The Balaban J connectivity index is 1.87. The zero-order valence-corrected chi connectivity index (χ0v) is 14.5. The molecule has 3 amide bonds. The van der Waals surface area contributed by atoms with Gasteiger partial charge in [-0.3, -0.25) is 4.79 Å². The third-order valence-electron chi connectivity index (χ3n) is 4.29. The summed E-state index contributed by atoms with van der Waals surface area (Å²) in [5.74, 6) is 0.0816. The van der Waals surface area contributed by atoms with Crippen LogP contribution in [0.2, 0.25) is 0 Å². The molecule has 1 saturated heterocycles. The van der Waals surface area contributed by atoms with Crippen LogP contribution in [0.5, 0.6) is 0 Å². The fourth-order valence-corrected chi connectivity index (χ4v) is 2.77. The monoisotopic (exact) mass is 317 g/mol. The lowest BCUT2D eigenvalue weighted by Crippen LogP contribution is -2.50. The minimum absolute atomic E-state index is 0.0816. The van der Waals surface area contributed by atoms with Gasteiger partial charge in [-0.15, -0.1) is 0 Å². The van der Waals surface area contributed by atoms with Crippen LogP contribution in [0.1, 0.15) is 48.2 Å². The number of nitrogens with one attached hydrogen (secondary N) is 2. The Bertz CT molecular complexity index is 576. The summed E-state index contributed by atoms with van der Waals surface area (Å²) >= 11 is 0. The molecule has 0 unspecified atom stereocenters. The summed E-state index contributed by atoms with van der Waals surface area (Å²) in [5, 5.41) is 5.81. The number of urea groups is 1. The average molecular weight is 317 g/mol. The van der Waals surface area contributed by atoms with Crippen molar-refractivity contribution in [3.8, 4) is 0 Å². The molecule has 0 radical (unpaired) electrons. The van der Waals surface area contributed by atoms with Crippen molar-refractivity contribution in [1.29, 1.82) is 0 Å². The number of rotatable bonds is 3. The molecular weight excluding hydrogens is 290 g/mol. The molecule has 0 atom stereocenters. The standard InChI is InChI=1S/C18H27N3O2/c1-12(2)19-18(23)20-16-7-9-21(10-8-16)17(22)15-6-5-13(3)14(4)11-15/h5-6,11-12,16H,7-10H2,1-4H3,(H2,19,20,23). The first-order valence-electron chi connectivity index (χ1n) is 8.30. The number of likely N-dealkylation sites (tertiary alicyclic amines) is 1. The van der Waals surface area contributed by atoms with Gasteiger partial charge in [-0.2, -0.15) is 0 Å². The van der Waals surface area contributed by atoms with Crippen molar-refractivity contribution in [2.24, 2.45) is 0 Å². The van der Waals surface area contributed by atoms with Crippen LogP contribution in [0.3, 0.4) is 0 Å². The molecule has 0 aliphatic carbocycles. The molecule has 0 bridgehead atoms. The number of hydrogen-bond donors (Lipinski definition) is 2. The number of benzene rings is 1. The van der Waals surface area contributed by atoms with Gasteiger partial charge >= 0.3 is 6.03 Å². The third-order valence-corrected chi connectivity index (χ3v) is 4.29. The maximum atomic E-state index is 12.6. The van der Waals surface area contributed by atoms with Crippen molar-refractivity contribution in [2.75, 3.05) is 13.1 Å². The van der Waals surface area contributed by atoms with E-state index in [4.69, 9.17) is 0 Å². The normalized spacial score (nSPS) is 15.6. The molecule has 0 spiro atoms. The highest BCUT2D eigenvalue weighted by Gasteiger charge is 2.24. The summed E-state index contributed by atoms with van der Waals surface area (Å²) in [6.45, 7) is 9.30. The van der Waals surface area contributed by atoms with Gasteiger partial charge in [-0.1, -0.05) is 6.07 Å². The van der Waals surface area contributed by atoms with E-state index < -0.39 is 0 Å². The molecule has 0 aromatic heterocycles. The van der Waals surface area contributed by atoms with Crippen LogP contribution < -0.4 is 10.6 Å². The number of carbonyl (C=O) groups is 2. The quantitative estimate of drug-likeness (QED) is 0.900. The SMILES string of the molecule is Cc1ccc(C(=O)N2CCC(NC(=O)NC(C)C)CC2)cc1C. The van der Waals surface area contributed by atoms with Gasteiger partial charge in [0.15, 0.2) is 0 Å². The van der Waals surface area contributed by atoms with Gasteiger partial charge < -0.3 is 15.5 Å². The van der Waals surface area contributed by atoms with Gasteiger partial charge in [0, 0.05) is 30.7 Å². The zero-order chi connectivity index (χ0) is 17.0. The fraction of sp³-hybridized carbons (Fsp3) is 0.556. The number of aryl methyl sites for hydroxylation is 2. The van der Waals surface area contributed by atoms with Crippen molar-refractivity contribution >= 4 is 11.9 Å². The molecule has 2 rings (SSSR count). The second-order valence-electron chi connectivity index (χ2n) is 6.64. The molecule has 5 nitrogen and oxygen atoms in total. The second kappa shape index (κ2) is 7.49. The van der Waals surface area contributed by atoms with Crippen LogP contribution in [0.25, 0.3) is 0 Å². The molecular formula is C18H27N3O2. The molecule has 5 heteroatoms. The Kier molecular flexibility index (Phi) is 5.64. The van der Waals surface area contributed by atoms with E-state index in [0.717, 1.165) is 24.0 Å². The highest BCUT2D eigenvalue weighted by Crippen LogP contribution is 2.16. The third kappa shape index (κ3) is 4.71. The van der Waals surface area contributed by atoms with Crippen LogP contribution in [-0.2, 0) is 0 Å². The molecule has 1 aromatic rings. The molecule has 126 valence electrons. The maximum absolute atomic E-state index is 12.6. The number of nitrogens with zero attached hydrogens (tertiary/aromatic N) is 1. The van der Waals surface area contributed by atoms with Crippen LogP contribution in [0.4, 0.5) is 4.79 Å². The molecule has 1 heterocycles. The number of carbonyl (C=O) groups excluding carboxylic acids is 2. The maximum Gasteiger partial charge on any atom is 0.315 e. The Morgan fingerprint density at radius 2 is 1.78 bits per heavy atom. The number of piperidine rings is 1. The van der Waals surface area contributed by atoms with Crippen molar-refractivity contribution in [2.45, 2.75) is 52.6 Å². The van der Waals surface area contributed by atoms with E-state index >= 15 is 0 Å². The van der Waals surface area contributed by atoms with Gasteiger partial charge in [0.1, 0.15) is 0 Å². The topological polar surface area (TPSA) is 61.4 Å². The lowest BCUT2D eigenvalue weighted by atomic mass is 10.0. The first-order valence-corrected chi connectivity index (χ1v) is 8.30. The van der Waals surface area contributed by atoms with Gasteiger partial charge in [0.2, 0.25) is 0 Å². The van der Waals surface area contributed by atoms with E-state index in [-0.39, 0.29) is 24.0 Å². The predicted molar refractivity (Wildman–Crippen MR) is 91.6 cm³/mol. The second-order valence-corrected chi connectivity index (χ2v) is 6.64. The lowest BCUT2D eigenvalue weighted by molar-refractivity contribution is 0.0708. The van der Waals surface area contributed by atoms with E-state index in [1.165, 1.54) is 5.56 Å². The predicted octanol–water partition coefficient (Wildman–Crippen LogP) is 2.62. The number of hydrogen-bond acceptors (Lipinski definition) is 2. The largest absolute Gasteiger partial charge is 0.338 e. The summed E-state index contributed by atoms with van der Waals surface area (Å²) in [5.41, 5.74) is 3.08. The summed E-state index contributed by atoms with van der Waals surface area (Å²) in [4.78, 5) is 26.2. The van der Waals surface area contributed by atoms with Crippen molar-refractivity contribution in [3.63, 3.8) is 0 Å². The lowest BCUT2D eigenvalue weighted by Gasteiger charge is -2.32. The van der Waals surface area contributed by atoms with E-state index in [1.54, 1.807) is 0 Å². The van der Waals surface area contributed by atoms with Crippen molar-refractivity contribution in [1.82, 2.24) is 15.5 Å². The van der Waals surface area contributed by atoms with Gasteiger partial charge in [0.05, 0.1) is 0 Å². The van der Waals surface area contributed by atoms with E-state index in [9.17, 15) is 9.59 Å². The Morgan fingerprint density at radius 1 is 1.13 bits per heavy atom. The fourth-order valence-electron chi connectivity index (χ4n) is 2.77. The van der Waals surface area contributed by atoms with Gasteiger partial charge in [-0.05, 0) is 63.8 Å². The van der Waals surface area contributed by atoms with Crippen LogP contribution in [0, 0.1) is 13.8 Å². The zero-order valence-electron chi connectivity index (χ0n) is 14.5. The average Bonchev–Trinajstić information content (AvgIpc) is 2.49. The van der Waals surface area contributed by atoms with E-state index in [2.05, 4.69) is 10.6 Å². The Labute approximate surface area is 138 Å². The Hall–Kier alpha value is -2.04. The molecule has 1 aromatic carbocycles. The van der Waals surface area contributed by atoms with Crippen LogP contribution in [0.15, 0.2) is 18.2 Å². The molecule has 23 heavy (non-hydrogen) atoms. The summed E-state index contributed by atoms with van der Waals surface area (Å²) in [6.07, 6.45) is 1.59. The summed E-state index contributed by atoms with van der Waals surface area (Å²) in [6, 6.07) is 5.98.